The van der Waals surface area contributed by atoms with Crippen LogP contribution in [0.2, 0.25) is 0 Å². The van der Waals surface area contributed by atoms with Gasteiger partial charge >= 0.3 is 5.97 Å². The molecular weight excluding hydrogens is 358 g/mol. The monoisotopic (exact) mass is 379 g/mol. The molecule has 4 nitrogen and oxygen atoms in total. The summed E-state index contributed by atoms with van der Waals surface area (Å²) in [6, 6.07) is 17.4. The topological polar surface area (TPSA) is 55.4 Å². The van der Waals surface area contributed by atoms with E-state index in [0.717, 1.165) is 21.6 Å². The molecule has 138 valence electrons. The largest absolute Gasteiger partial charge is 0.462 e. The minimum absolute atomic E-state index is 0.249. The zero-order chi connectivity index (χ0) is 19.4. The minimum Gasteiger partial charge on any atom is -0.462 e. The Morgan fingerprint density at radius 1 is 0.963 bits per heavy atom. The molecule has 2 aromatic carbocycles. The Morgan fingerprint density at radius 3 is 2.22 bits per heavy atom. The molecule has 0 aliphatic carbocycles. The molecule has 3 aromatic rings. The molecule has 0 spiro atoms. The lowest BCUT2D eigenvalue weighted by Crippen LogP contribution is -2.14. The number of carbonyl (C=O) groups is 2. The van der Waals surface area contributed by atoms with Crippen LogP contribution in [-0.4, -0.2) is 18.5 Å². The van der Waals surface area contributed by atoms with Gasteiger partial charge in [0.25, 0.3) is 5.91 Å². The standard InChI is InChI=1S/C22H21NO3S/c1-4-26-22(25)19-14(2)15(3)27-21(19)23-20(24)18-12-10-17(11-13-18)16-8-6-5-7-9-16/h5-13H,4H2,1-3H3,(H,23,24). The van der Waals surface area contributed by atoms with Crippen molar-refractivity contribution in [1.29, 1.82) is 0 Å². The fourth-order valence-electron chi connectivity index (χ4n) is 2.78. The molecule has 0 saturated heterocycles. The summed E-state index contributed by atoms with van der Waals surface area (Å²) in [6.45, 7) is 5.84. The summed E-state index contributed by atoms with van der Waals surface area (Å²) in [7, 11) is 0. The van der Waals surface area contributed by atoms with E-state index >= 15 is 0 Å². The van der Waals surface area contributed by atoms with Gasteiger partial charge in [-0.1, -0.05) is 42.5 Å². The fourth-order valence-corrected chi connectivity index (χ4v) is 3.83. The van der Waals surface area contributed by atoms with Gasteiger partial charge < -0.3 is 10.1 Å². The van der Waals surface area contributed by atoms with Gasteiger partial charge in [0.2, 0.25) is 0 Å². The second-order valence-corrected chi connectivity index (χ2v) is 7.33. The number of hydrogen-bond acceptors (Lipinski definition) is 4. The van der Waals surface area contributed by atoms with E-state index in [0.29, 0.717) is 22.7 Å². The number of ether oxygens (including phenoxy) is 1. The highest BCUT2D eigenvalue weighted by Crippen LogP contribution is 2.33. The van der Waals surface area contributed by atoms with Crippen molar-refractivity contribution in [2.75, 3.05) is 11.9 Å². The van der Waals surface area contributed by atoms with Gasteiger partial charge in [0.05, 0.1) is 12.2 Å². The van der Waals surface area contributed by atoms with Crippen molar-refractivity contribution in [1.82, 2.24) is 0 Å². The third-order valence-corrected chi connectivity index (χ3v) is 5.47. The van der Waals surface area contributed by atoms with E-state index in [1.54, 1.807) is 19.1 Å². The van der Waals surface area contributed by atoms with E-state index in [4.69, 9.17) is 4.74 Å². The van der Waals surface area contributed by atoms with Crippen molar-refractivity contribution >= 4 is 28.2 Å². The van der Waals surface area contributed by atoms with Crippen molar-refractivity contribution < 1.29 is 14.3 Å². The zero-order valence-electron chi connectivity index (χ0n) is 15.5. The first kappa shape index (κ1) is 18.9. The second-order valence-electron chi connectivity index (χ2n) is 6.11. The first-order valence-corrected chi connectivity index (χ1v) is 9.56. The molecule has 0 aliphatic heterocycles. The Balaban J connectivity index is 1.82. The maximum Gasteiger partial charge on any atom is 0.341 e. The van der Waals surface area contributed by atoms with E-state index in [2.05, 4.69) is 5.32 Å². The lowest BCUT2D eigenvalue weighted by atomic mass is 10.0. The van der Waals surface area contributed by atoms with Crippen molar-refractivity contribution in [3.63, 3.8) is 0 Å². The highest BCUT2D eigenvalue weighted by Gasteiger charge is 2.22. The van der Waals surface area contributed by atoms with Crippen molar-refractivity contribution in [3.05, 3.63) is 76.2 Å². The number of aryl methyl sites for hydroxylation is 1. The maximum absolute atomic E-state index is 12.7. The van der Waals surface area contributed by atoms with Gasteiger partial charge in [0.1, 0.15) is 5.00 Å². The third kappa shape index (κ3) is 4.09. The SMILES string of the molecule is CCOC(=O)c1c(NC(=O)c2ccc(-c3ccccc3)cc2)sc(C)c1C. The molecule has 1 aromatic heterocycles. The van der Waals surface area contributed by atoms with Crippen LogP contribution >= 0.6 is 11.3 Å². The lowest BCUT2D eigenvalue weighted by molar-refractivity contribution is 0.0527. The highest BCUT2D eigenvalue weighted by atomic mass is 32.1. The molecule has 0 saturated carbocycles. The van der Waals surface area contributed by atoms with Crippen LogP contribution in [0, 0.1) is 13.8 Å². The average Bonchev–Trinajstić information content (AvgIpc) is 2.96. The first-order chi connectivity index (χ1) is 13.0. The predicted molar refractivity (Wildman–Crippen MR) is 110 cm³/mol. The molecular formula is C22H21NO3S. The number of amides is 1. The maximum atomic E-state index is 12.7. The molecule has 27 heavy (non-hydrogen) atoms. The van der Waals surface area contributed by atoms with Crippen molar-refractivity contribution in [2.24, 2.45) is 0 Å². The Bertz CT molecular complexity index is 959. The number of hydrogen-bond donors (Lipinski definition) is 1. The van der Waals surface area contributed by atoms with E-state index in [-0.39, 0.29) is 5.91 Å². The van der Waals surface area contributed by atoms with Crippen LogP contribution in [0.5, 0.6) is 0 Å². The van der Waals surface area contributed by atoms with E-state index in [1.165, 1.54) is 11.3 Å². The fraction of sp³-hybridized carbons (Fsp3) is 0.182. The van der Waals surface area contributed by atoms with Gasteiger partial charge in [-0.2, -0.15) is 0 Å². The Hall–Kier alpha value is -2.92. The number of benzene rings is 2. The minimum atomic E-state index is -0.408. The zero-order valence-corrected chi connectivity index (χ0v) is 16.4. The summed E-state index contributed by atoms with van der Waals surface area (Å²) in [4.78, 5) is 25.9. The molecule has 1 N–H and O–H groups in total. The summed E-state index contributed by atoms with van der Waals surface area (Å²) >= 11 is 1.39. The van der Waals surface area contributed by atoms with Gasteiger partial charge in [-0.15, -0.1) is 11.3 Å². The van der Waals surface area contributed by atoms with Crippen LogP contribution in [-0.2, 0) is 4.74 Å². The molecule has 0 atom stereocenters. The normalized spacial score (nSPS) is 10.5. The Kier molecular flexibility index (Phi) is 5.72. The van der Waals surface area contributed by atoms with E-state index < -0.39 is 5.97 Å². The Labute approximate surface area is 162 Å². The van der Waals surface area contributed by atoms with Gasteiger partial charge in [-0.05, 0) is 49.6 Å². The second kappa shape index (κ2) is 8.18. The summed E-state index contributed by atoms with van der Waals surface area (Å²) in [5.41, 5.74) is 3.95. The molecule has 5 heteroatoms. The highest BCUT2D eigenvalue weighted by molar-refractivity contribution is 7.16. The van der Waals surface area contributed by atoms with Crippen LogP contribution in [0.4, 0.5) is 5.00 Å². The van der Waals surface area contributed by atoms with Crippen LogP contribution in [0.15, 0.2) is 54.6 Å². The number of carbonyl (C=O) groups excluding carboxylic acids is 2. The summed E-state index contributed by atoms with van der Waals surface area (Å²) in [6.07, 6.45) is 0. The molecule has 0 aliphatic rings. The molecule has 3 rings (SSSR count). The third-order valence-electron chi connectivity index (χ3n) is 4.35. The molecule has 0 fully saturated rings. The summed E-state index contributed by atoms with van der Waals surface area (Å²) in [5.74, 6) is -0.657. The number of rotatable bonds is 5. The predicted octanol–water partition coefficient (Wildman–Crippen LogP) is 5.46. The van der Waals surface area contributed by atoms with Crippen molar-refractivity contribution in [3.8, 4) is 11.1 Å². The van der Waals surface area contributed by atoms with Crippen LogP contribution < -0.4 is 5.32 Å². The number of thiophene rings is 1. The number of esters is 1. The quantitative estimate of drug-likeness (QED) is 0.599. The molecule has 0 bridgehead atoms. The first-order valence-electron chi connectivity index (χ1n) is 8.75. The summed E-state index contributed by atoms with van der Waals surface area (Å²) in [5, 5.41) is 3.39. The average molecular weight is 379 g/mol. The van der Waals surface area contributed by atoms with Crippen LogP contribution in [0.25, 0.3) is 11.1 Å². The molecule has 1 heterocycles. The number of anilines is 1. The number of nitrogens with one attached hydrogen (secondary N) is 1. The molecule has 1 amide bonds. The van der Waals surface area contributed by atoms with Crippen molar-refractivity contribution in [2.45, 2.75) is 20.8 Å². The van der Waals surface area contributed by atoms with Gasteiger partial charge in [-0.3, -0.25) is 4.79 Å². The Morgan fingerprint density at radius 2 is 1.59 bits per heavy atom. The molecule has 0 radical (unpaired) electrons. The lowest BCUT2D eigenvalue weighted by Gasteiger charge is -2.08. The van der Waals surface area contributed by atoms with Crippen LogP contribution in [0.3, 0.4) is 0 Å². The summed E-state index contributed by atoms with van der Waals surface area (Å²) < 4.78 is 5.13. The van der Waals surface area contributed by atoms with Gasteiger partial charge in [0.15, 0.2) is 0 Å². The van der Waals surface area contributed by atoms with E-state index in [9.17, 15) is 9.59 Å². The van der Waals surface area contributed by atoms with E-state index in [1.807, 2.05) is 56.3 Å². The van der Waals surface area contributed by atoms with Crippen LogP contribution in [0.1, 0.15) is 38.1 Å². The van der Waals surface area contributed by atoms with Gasteiger partial charge in [-0.25, -0.2) is 4.79 Å². The molecule has 0 unspecified atom stereocenters. The smallest absolute Gasteiger partial charge is 0.341 e. The van der Waals surface area contributed by atoms with Gasteiger partial charge in [0, 0.05) is 10.4 Å².